The van der Waals surface area contributed by atoms with E-state index in [1.54, 1.807) is 11.8 Å². The average Bonchev–Trinajstić information content (AvgIpc) is 2.72. The molecule has 3 aromatic rings. The molecule has 3 aromatic carbocycles. The van der Waals surface area contributed by atoms with Crippen LogP contribution in [0.3, 0.4) is 0 Å². The van der Waals surface area contributed by atoms with Crippen molar-refractivity contribution in [2.75, 3.05) is 10.6 Å². The minimum atomic E-state index is -0.468. The fraction of sp³-hybridized carbons (Fsp3) is 0.0435. The SMILES string of the molecule is Cc1ccc(N/C=C(/C#N)C(=O)Nc2ccccc2Sc2ccccc2)c(Br)c1. The molecule has 0 fully saturated rings. The number of carbonyl (C=O) groups is 1. The average molecular weight is 464 g/mol. The molecular formula is C23H18BrN3OS. The number of carbonyl (C=O) groups excluding carboxylic acids is 1. The van der Waals surface area contributed by atoms with E-state index in [9.17, 15) is 10.1 Å². The summed E-state index contributed by atoms with van der Waals surface area (Å²) in [5.41, 5.74) is 2.52. The van der Waals surface area contributed by atoms with Gasteiger partial charge < -0.3 is 10.6 Å². The van der Waals surface area contributed by atoms with Crippen molar-refractivity contribution in [1.82, 2.24) is 0 Å². The van der Waals surface area contributed by atoms with E-state index in [-0.39, 0.29) is 5.57 Å². The highest BCUT2D eigenvalue weighted by Crippen LogP contribution is 2.33. The zero-order chi connectivity index (χ0) is 20.6. The molecule has 0 aromatic heterocycles. The van der Waals surface area contributed by atoms with Crippen molar-refractivity contribution in [2.24, 2.45) is 0 Å². The maximum atomic E-state index is 12.6. The Kier molecular flexibility index (Phi) is 7.12. The summed E-state index contributed by atoms with van der Waals surface area (Å²) < 4.78 is 0.857. The number of amides is 1. The maximum Gasteiger partial charge on any atom is 0.267 e. The van der Waals surface area contributed by atoms with Crippen LogP contribution < -0.4 is 10.6 Å². The van der Waals surface area contributed by atoms with E-state index in [0.717, 1.165) is 25.5 Å². The quantitative estimate of drug-likeness (QED) is 0.329. The van der Waals surface area contributed by atoms with Crippen LogP contribution in [0.25, 0.3) is 0 Å². The van der Waals surface area contributed by atoms with Crippen LogP contribution in [0.5, 0.6) is 0 Å². The largest absolute Gasteiger partial charge is 0.359 e. The standard InChI is InChI=1S/C23H18BrN3OS/c1-16-11-12-20(19(24)13-16)26-15-17(14-25)23(28)27-21-9-5-6-10-22(21)29-18-7-3-2-4-8-18/h2-13,15,26H,1H3,(H,27,28)/b17-15-. The molecule has 3 rings (SSSR count). The molecule has 0 aliphatic rings. The van der Waals surface area contributed by atoms with Gasteiger partial charge in [0.05, 0.1) is 11.4 Å². The predicted molar refractivity (Wildman–Crippen MR) is 122 cm³/mol. The maximum absolute atomic E-state index is 12.6. The number of benzene rings is 3. The minimum Gasteiger partial charge on any atom is -0.359 e. The molecule has 0 heterocycles. The van der Waals surface area contributed by atoms with Crippen LogP contribution in [0, 0.1) is 18.3 Å². The Balaban J connectivity index is 1.75. The zero-order valence-electron chi connectivity index (χ0n) is 15.6. The first kappa shape index (κ1) is 20.7. The second kappa shape index (κ2) is 9.97. The number of hydrogen-bond acceptors (Lipinski definition) is 4. The van der Waals surface area contributed by atoms with Crippen LogP contribution in [0.4, 0.5) is 11.4 Å². The number of hydrogen-bond donors (Lipinski definition) is 2. The van der Waals surface area contributed by atoms with Gasteiger partial charge in [-0.15, -0.1) is 0 Å². The van der Waals surface area contributed by atoms with Crippen LogP contribution in [0.15, 0.2) is 98.8 Å². The first-order valence-electron chi connectivity index (χ1n) is 8.83. The van der Waals surface area contributed by atoms with E-state index in [1.165, 1.54) is 6.20 Å². The first-order chi connectivity index (χ1) is 14.1. The van der Waals surface area contributed by atoms with E-state index in [4.69, 9.17) is 0 Å². The Bertz CT molecular complexity index is 1090. The molecule has 0 radical (unpaired) electrons. The van der Waals surface area contributed by atoms with Gasteiger partial charge in [0.1, 0.15) is 11.6 Å². The molecule has 0 saturated heterocycles. The monoisotopic (exact) mass is 463 g/mol. The Morgan fingerprint density at radius 2 is 1.76 bits per heavy atom. The molecule has 0 saturated carbocycles. The van der Waals surface area contributed by atoms with Gasteiger partial charge in [-0.05, 0) is 64.8 Å². The van der Waals surface area contributed by atoms with Crippen molar-refractivity contribution < 1.29 is 4.79 Å². The lowest BCUT2D eigenvalue weighted by molar-refractivity contribution is -0.112. The van der Waals surface area contributed by atoms with Crippen molar-refractivity contribution in [2.45, 2.75) is 16.7 Å². The molecule has 0 unspecified atom stereocenters. The highest BCUT2D eigenvalue weighted by molar-refractivity contribution is 9.10. The fourth-order valence-corrected chi connectivity index (χ4v) is 4.03. The van der Waals surface area contributed by atoms with Crippen LogP contribution >= 0.6 is 27.7 Å². The Labute approximate surface area is 182 Å². The molecular weight excluding hydrogens is 446 g/mol. The molecule has 144 valence electrons. The molecule has 6 heteroatoms. The summed E-state index contributed by atoms with van der Waals surface area (Å²) in [6.07, 6.45) is 1.41. The van der Waals surface area contributed by atoms with Crippen molar-refractivity contribution in [1.29, 1.82) is 5.26 Å². The van der Waals surface area contributed by atoms with Gasteiger partial charge in [0, 0.05) is 20.5 Å². The Morgan fingerprint density at radius 1 is 1.03 bits per heavy atom. The first-order valence-corrected chi connectivity index (χ1v) is 10.4. The highest BCUT2D eigenvalue weighted by Gasteiger charge is 2.12. The Morgan fingerprint density at radius 3 is 2.48 bits per heavy atom. The van der Waals surface area contributed by atoms with E-state index in [1.807, 2.05) is 85.8 Å². The minimum absolute atomic E-state index is 0.0167. The van der Waals surface area contributed by atoms with Gasteiger partial charge in [-0.2, -0.15) is 5.26 Å². The third-order valence-corrected chi connectivity index (χ3v) is 5.71. The molecule has 2 N–H and O–H groups in total. The summed E-state index contributed by atoms with van der Waals surface area (Å²) in [7, 11) is 0. The summed E-state index contributed by atoms with van der Waals surface area (Å²) in [4.78, 5) is 14.6. The van der Waals surface area contributed by atoms with Crippen LogP contribution in [-0.4, -0.2) is 5.91 Å². The van der Waals surface area contributed by atoms with Gasteiger partial charge in [0.15, 0.2) is 0 Å². The fourth-order valence-electron chi connectivity index (χ4n) is 2.50. The van der Waals surface area contributed by atoms with Crippen molar-refractivity contribution in [3.8, 4) is 6.07 Å². The zero-order valence-corrected chi connectivity index (χ0v) is 18.0. The molecule has 0 atom stereocenters. The molecule has 4 nitrogen and oxygen atoms in total. The highest BCUT2D eigenvalue weighted by atomic mass is 79.9. The summed E-state index contributed by atoms with van der Waals surface area (Å²) in [5, 5.41) is 15.3. The van der Waals surface area contributed by atoms with Gasteiger partial charge >= 0.3 is 0 Å². The van der Waals surface area contributed by atoms with Crippen molar-refractivity contribution >= 4 is 45.0 Å². The van der Waals surface area contributed by atoms with Gasteiger partial charge in [0.25, 0.3) is 5.91 Å². The lowest BCUT2D eigenvalue weighted by atomic mass is 10.2. The number of nitriles is 1. The number of nitrogens with one attached hydrogen (secondary N) is 2. The number of halogens is 1. The Hall–Kier alpha value is -3.01. The molecule has 0 spiro atoms. The van der Waals surface area contributed by atoms with Crippen LogP contribution in [0.1, 0.15) is 5.56 Å². The summed E-state index contributed by atoms with van der Waals surface area (Å²) in [6, 6.07) is 25.2. The summed E-state index contributed by atoms with van der Waals surface area (Å²) in [6.45, 7) is 1.99. The number of para-hydroxylation sites is 1. The van der Waals surface area contributed by atoms with E-state index >= 15 is 0 Å². The number of aryl methyl sites for hydroxylation is 1. The lowest BCUT2D eigenvalue weighted by Gasteiger charge is -2.11. The second-order valence-corrected chi connectivity index (χ2v) is 8.13. The van der Waals surface area contributed by atoms with Crippen LogP contribution in [0.2, 0.25) is 0 Å². The number of nitrogens with zero attached hydrogens (tertiary/aromatic N) is 1. The smallest absolute Gasteiger partial charge is 0.267 e. The molecule has 0 aliphatic heterocycles. The summed E-state index contributed by atoms with van der Waals surface area (Å²) >= 11 is 5.02. The number of rotatable bonds is 6. The third kappa shape index (κ3) is 5.74. The summed E-state index contributed by atoms with van der Waals surface area (Å²) in [5.74, 6) is -0.468. The lowest BCUT2D eigenvalue weighted by Crippen LogP contribution is -2.15. The second-order valence-electron chi connectivity index (χ2n) is 6.16. The van der Waals surface area contributed by atoms with E-state index in [2.05, 4.69) is 26.6 Å². The molecule has 0 bridgehead atoms. The van der Waals surface area contributed by atoms with E-state index in [0.29, 0.717) is 5.69 Å². The topological polar surface area (TPSA) is 64.9 Å². The van der Waals surface area contributed by atoms with Gasteiger partial charge in [-0.3, -0.25) is 4.79 Å². The predicted octanol–water partition coefficient (Wildman–Crippen LogP) is 6.37. The van der Waals surface area contributed by atoms with Gasteiger partial charge in [0.2, 0.25) is 0 Å². The normalized spacial score (nSPS) is 10.9. The number of anilines is 2. The molecule has 1 amide bonds. The van der Waals surface area contributed by atoms with Gasteiger partial charge in [-0.1, -0.05) is 48.2 Å². The third-order valence-electron chi connectivity index (χ3n) is 3.97. The molecule has 0 aliphatic carbocycles. The van der Waals surface area contributed by atoms with Gasteiger partial charge in [-0.25, -0.2) is 0 Å². The van der Waals surface area contributed by atoms with Crippen molar-refractivity contribution in [3.05, 3.63) is 94.6 Å². The molecule has 29 heavy (non-hydrogen) atoms. The van der Waals surface area contributed by atoms with Crippen LogP contribution in [-0.2, 0) is 4.79 Å². The van der Waals surface area contributed by atoms with Crippen molar-refractivity contribution in [3.63, 3.8) is 0 Å². The van der Waals surface area contributed by atoms with E-state index < -0.39 is 5.91 Å².